The van der Waals surface area contributed by atoms with Crippen LogP contribution in [-0.4, -0.2) is 38.0 Å². The Morgan fingerprint density at radius 2 is 1.97 bits per heavy atom. The summed E-state index contributed by atoms with van der Waals surface area (Å²) >= 11 is 0. The summed E-state index contributed by atoms with van der Waals surface area (Å²) in [6, 6.07) is 14.3. The van der Waals surface area contributed by atoms with Crippen molar-refractivity contribution in [2.75, 3.05) is 17.2 Å². The first kappa shape index (κ1) is 24.5. The van der Waals surface area contributed by atoms with Crippen LogP contribution in [0.4, 0.5) is 11.6 Å². The molecule has 1 aliphatic carbocycles. The van der Waals surface area contributed by atoms with Gasteiger partial charge >= 0.3 is 0 Å². The maximum absolute atomic E-state index is 13.5. The number of nitrogens with one attached hydrogen (secondary N) is 4. The molecule has 0 spiro atoms. The van der Waals surface area contributed by atoms with Crippen molar-refractivity contribution in [3.8, 4) is 0 Å². The average molecular weight is 500 g/mol. The van der Waals surface area contributed by atoms with Gasteiger partial charge in [0, 0.05) is 47.0 Å². The van der Waals surface area contributed by atoms with Crippen molar-refractivity contribution in [1.29, 1.82) is 0 Å². The average Bonchev–Trinajstić information content (AvgIpc) is 3.29. The van der Waals surface area contributed by atoms with Crippen LogP contribution in [0.5, 0.6) is 0 Å². The van der Waals surface area contributed by atoms with Gasteiger partial charge in [0.15, 0.2) is 0 Å². The Morgan fingerprint density at radius 1 is 1.16 bits per heavy atom. The van der Waals surface area contributed by atoms with E-state index in [0.717, 1.165) is 29.4 Å². The molecule has 37 heavy (non-hydrogen) atoms. The number of rotatable bonds is 10. The lowest BCUT2D eigenvalue weighted by molar-refractivity contribution is -0.121. The SMILES string of the molecule is CC(C)Nc1ncc(NCC2(c3ccccc3)CCC2)c(=O)n1CC(=O)NCc1cc2cnccc2[nH]1. The Bertz CT molecular complexity index is 1400. The second-order valence-electron chi connectivity index (χ2n) is 10.1. The van der Waals surface area contributed by atoms with E-state index in [9.17, 15) is 9.59 Å². The minimum atomic E-state index is -0.274. The van der Waals surface area contributed by atoms with Crippen LogP contribution < -0.4 is 21.5 Å². The van der Waals surface area contributed by atoms with Gasteiger partial charge in [-0.15, -0.1) is 0 Å². The summed E-state index contributed by atoms with van der Waals surface area (Å²) in [6.07, 6.45) is 8.38. The Morgan fingerprint density at radius 3 is 2.68 bits per heavy atom. The number of benzene rings is 1. The van der Waals surface area contributed by atoms with Crippen LogP contribution in [0.15, 0.2) is 65.8 Å². The number of nitrogens with zero attached hydrogens (tertiary/aromatic N) is 3. The zero-order chi connectivity index (χ0) is 25.8. The van der Waals surface area contributed by atoms with Crippen LogP contribution in [0.2, 0.25) is 0 Å². The van der Waals surface area contributed by atoms with E-state index >= 15 is 0 Å². The van der Waals surface area contributed by atoms with Gasteiger partial charge in [0.05, 0.1) is 12.7 Å². The predicted molar refractivity (Wildman–Crippen MR) is 146 cm³/mol. The van der Waals surface area contributed by atoms with Gasteiger partial charge in [-0.2, -0.15) is 0 Å². The van der Waals surface area contributed by atoms with Crippen molar-refractivity contribution < 1.29 is 4.79 Å². The summed E-state index contributed by atoms with van der Waals surface area (Å²) in [7, 11) is 0. The number of fused-ring (bicyclic) bond motifs is 1. The molecule has 0 atom stereocenters. The summed E-state index contributed by atoms with van der Waals surface area (Å²) in [5, 5.41) is 10.4. The van der Waals surface area contributed by atoms with E-state index in [4.69, 9.17) is 0 Å². The largest absolute Gasteiger partial charge is 0.378 e. The van der Waals surface area contributed by atoms with E-state index in [1.54, 1.807) is 18.6 Å². The number of H-pyrrole nitrogens is 1. The first-order valence-electron chi connectivity index (χ1n) is 12.8. The predicted octanol–water partition coefficient (Wildman–Crippen LogP) is 3.79. The molecule has 0 aliphatic heterocycles. The third-order valence-electron chi connectivity index (χ3n) is 7.03. The molecule has 192 valence electrons. The topological polar surface area (TPSA) is 117 Å². The zero-order valence-corrected chi connectivity index (χ0v) is 21.3. The molecule has 5 rings (SSSR count). The second kappa shape index (κ2) is 10.5. The lowest BCUT2D eigenvalue weighted by Crippen LogP contribution is -2.42. The van der Waals surface area contributed by atoms with Crippen molar-refractivity contribution in [1.82, 2.24) is 24.8 Å². The van der Waals surface area contributed by atoms with Crippen LogP contribution in [0.25, 0.3) is 10.9 Å². The molecule has 3 aromatic heterocycles. The number of carbonyl (C=O) groups is 1. The van der Waals surface area contributed by atoms with Gasteiger partial charge in [-0.25, -0.2) is 4.98 Å². The fourth-order valence-corrected chi connectivity index (χ4v) is 4.88. The van der Waals surface area contributed by atoms with E-state index in [1.807, 2.05) is 32.0 Å². The molecule has 0 unspecified atom stereocenters. The molecule has 4 aromatic rings. The van der Waals surface area contributed by atoms with Crippen LogP contribution in [0, 0.1) is 0 Å². The molecule has 1 aromatic carbocycles. The van der Waals surface area contributed by atoms with Crippen LogP contribution in [-0.2, 0) is 23.3 Å². The lowest BCUT2D eigenvalue weighted by Gasteiger charge is -2.42. The second-order valence-corrected chi connectivity index (χ2v) is 10.1. The highest BCUT2D eigenvalue weighted by atomic mass is 16.2. The summed E-state index contributed by atoms with van der Waals surface area (Å²) in [6.45, 7) is 4.76. The fourth-order valence-electron chi connectivity index (χ4n) is 4.88. The van der Waals surface area contributed by atoms with E-state index in [1.165, 1.54) is 16.6 Å². The Kier molecular flexibility index (Phi) is 6.94. The molecule has 1 aliphatic rings. The van der Waals surface area contributed by atoms with Crippen LogP contribution >= 0.6 is 0 Å². The van der Waals surface area contributed by atoms with Gasteiger partial charge in [0.25, 0.3) is 5.56 Å². The third-order valence-corrected chi connectivity index (χ3v) is 7.03. The molecule has 4 N–H and O–H groups in total. The van der Waals surface area contributed by atoms with Gasteiger partial charge in [-0.1, -0.05) is 36.8 Å². The minimum Gasteiger partial charge on any atom is -0.378 e. The summed E-state index contributed by atoms with van der Waals surface area (Å²) in [4.78, 5) is 38.3. The van der Waals surface area contributed by atoms with E-state index in [2.05, 4.69) is 55.2 Å². The highest BCUT2D eigenvalue weighted by Gasteiger charge is 2.38. The maximum atomic E-state index is 13.5. The highest BCUT2D eigenvalue weighted by molar-refractivity contribution is 5.80. The number of hydrogen-bond donors (Lipinski definition) is 4. The molecule has 9 nitrogen and oxygen atoms in total. The smallest absolute Gasteiger partial charge is 0.278 e. The Balaban J connectivity index is 1.31. The van der Waals surface area contributed by atoms with Gasteiger partial charge in [0.1, 0.15) is 12.2 Å². The molecule has 1 saturated carbocycles. The first-order valence-corrected chi connectivity index (χ1v) is 12.8. The zero-order valence-electron chi connectivity index (χ0n) is 21.3. The number of hydrogen-bond acceptors (Lipinski definition) is 6. The van der Waals surface area contributed by atoms with E-state index in [0.29, 0.717) is 24.7 Å². The van der Waals surface area contributed by atoms with Crippen molar-refractivity contribution in [3.63, 3.8) is 0 Å². The summed E-state index contributed by atoms with van der Waals surface area (Å²) in [5.41, 5.74) is 3.25. The highest BCUT2D eigenvalue weighted by Crippen LogP contribution is 2.43. The fraction of sp³-hybridized carbons (Fsp3) is 0.357. The molecule has 1 amide bonds. The Labute approximate surface area is 215 Å². The van der Waals surface area contributed by atoms with Crippen LogP contribution in [0.1, 0.15) is 44.4 Å². The number of aromatic amines is 1. The first-order chi connectivity index (χ1) is 17.9. The molecular weight excluding hydrogens is 466 g/mol. The van der Waals surface area contributed by atoms with Crippen LogP contribution in [0.3, 0.4) is 0 Å². The van der Waals surface area contributed by atoms with Crippen molar-refractivity contribution >= 4 is 28.4 Å². The normalized spacial score (nSPS) is 14.4. The summed E-state index contributed by atoms with van der Waals surface area (Å²) in [5.74, 6) is 0.100. The van der Waals surface area contributed by atoms with Gasteiger partial charge in [-0.3, -0.25) is 19.1 Å². The molecule has 0 radical (unpaired) electrons. The molecular formula is C28H33N7O2. The number of aromatic nitrogens is 4. The molecule has 1 fully saturated rings. The third kappa shape index (κ3) is 5.35. The van der Waals surface area contributed by atoms with Gasteiger partial charge < -0.3 is 20.9 Å². The molecule has 3 heterocycles. The monoisotopic (exact) mass is 499 g/mol. The van der Waals surface area contributed by atoms with E-state index in [-0.39, 0.29) is 29.5 Å². The molecule has 0 saturated heterocycles. The molecule has 0 bridgehead atoms. The van der Waals surface area contributed by atoms with Crippen molar-refractivity contribution in [2.45, 2.75) is 57.7 Å². The number of amides is 1. The number of anilines is 2. The standard InChI is InChI=1S/C28H33N7O2/c1-19(2)33-27-31-16-24(32-18-28(10-6-11-28)21-7-4-3-5-8-21)26(37)35(27)17-25(36)30-15-22-13-20-14-29-12-9-23(20)34-22/h3-5,7-9,12-14,16,19,32,34H,6,10-11,15,17-18H2,1-2H3,(H,30,36)(H,31,33). The molecule has 9 heteroatoms. The van der Waals surface area contributed by atoms with Crippen molar-refractivity contribution in [3.05, 3.63) is 82.7 Å². The maximum Gasteiger partial charge on any atom is 0.278 e. The van der Waals surface area contributed by atoms with Crippen molar-refractivity contribution in [2.24, 2.45) is 0 Å². The number of pyridine rings is 1. The minimum absolute atomic E-state index is 0.0138. The Hall–Kier alpha value is -4.14. The van der Waals surface area contributed by atoms with E-state index < -0.39 is 0 Å². The number of carbonyl (C=O) groups excluding carboxylic acids is 1. The summed E-state index contributed by atoms with van der Waals surface area (Å²) < 4.78 is 1.41. The lowest BCUT2D eigenvalue weighted by atomic mass is 9.64. The quantitative estimate of drug-likeness (QED) is 0.264. The van der Waals surface area contributed by atoms with Gasteiger partial charge in [-0.05, 0) is 44.4 Å². The van der Waals surface area contributed by atoms with Gasteiger partial charge in [0.2, 0.25) is 11.9 Å².